The lowest BCUT2D eigenvalue weighted by Crippen LogP contribution is -2.45. The third kappa shape index (κ3) is 1.98. The number of nitrogens with zero attached hydrogens (tertiary/aromatic N) is 1. The zero-order valence-corrected chi connectivity index (χ0v) is 11.9. The quantitative estimate of drug-likeness (QED) is 0.740. The number of likely N-dealkylation sites (N-methyl/N-ethyl adjacent to an activating group) is 1. The minimum Gasteiger partial charge on any atom is -0.296 e. The lowest BCUT2D eigenvalue weighted by molar-refractivity contribution is 0.134. The maximum atomic E-state index is 2.47. The number of rotatable bonds is 1. The molecule has 0 spiro atoms. The van der Waals surface area contributed by atoms with Crippen LogP contribution in [0, 0.1) is 0 Å². The van der Waals surface area contributed by atoms with E-state index in [0.29, 0.717) is 5.92 Å². The van der Waals surface area contributed by atoms with E-state index >= 15 is 0 Å². The van der Waals surface area contributed by atoms with Gasteiger partial charge < -0.3 is 0 Å². The molecular weight excluding hydrogens is 230 g/mol. The van der Waals surface area contributed by atoms with Crippen molar-refractivity contribution in [1.82, 2.24) is 4.90 Å². The molecule has 19 heavy (non-hydrogen) atoms. The first kappa shape index (κ1) is 12.4. The zero-order valence-electron chi connectivity index (χ0n) is 11.9. The van der Waals surface area contributed by atoms with E-state index in [2.05, 4.69) is 80.4 Å². The molecule has 0 N–H and O–H groups in total. The Hall–Kier alpha value is -1.60. The van der Waals surface area contributed by atoms with Crippen LogP contribution in [0.15, 0.2) is 54.6 Å². The molecule has 1 atom stereocenters. The van der Waals surface area contributed by atoms with Crippen LogP contribution >= 0.6 is 0 Å². The van der Waals surface area contributed by atoms with Crippen LogP contribution < -0.4 is 0 Å². The van der Waals surface area contributed by atoms with E-state index in [-0.39, 0.29) is 5.54 Å². The molecule has 1 aliphatic heterocycles. The monoisotopic (exact) mass is 251 g/mol. The summed E-state index contributed by atoms with van der Waals surface area (Å²) >= 11 is 0. The van der Waals surface area contributed by atoms with Gasteiger partial charge in [-0.15, -0.1) is 0 Å². The number of hydrogen-bond acceptors (Lipinski definition) is 1. The van der Waals surface area contributed by atoms with Crippen molar-refractivity contribution in [3.8, 4) is 0 Å². The Kier molecular flexibility index (Phi) is 2.94. The fraction of sp³-hybridized carbons (Fsp3) is 0.333. The highest BCUT2D eigenvalue weighted by Crippen LogP contribution is 2.41. The average molecular weight is 251 g/mol. The molecule has 2 aromatic rings. The van der Waals surface area contributed by atoms with Gasteiger partial charge in [0.25, 0.3) is 0 Å². The highest BCUT2D eigenvalue weighted by atomic mass is 15.2. The summed E-state index contributed by atoms with van der Waals surface area (Å²) < 4.78 is 0. The second-order valence-electron chi connectivity index (χ2n) is 5.99. The van der Waals surface area contributed by atoms with Gasteiger partial charge in [0.2, 0.25) is 0 Å². The molecule has 0 aliphatic carbocycles. The van der Waals surface area contributed by atoms with Gasteiger partial charge in [0.1, 0.15) is 0 Å². The molecule has 3 rings (SSSR count). The number of fused-ring (bicyclic) bond motifs is 1. The summed E-state index contributed by atoms with van der Waals surface area (Å²) in [6, 6.07) is 19.7. The molecule has 0 fully saturated rings. The topological polar surface area (TPSA) is 3.24 Å². The van der Waals surface area contributed by atoms with Crippen LogP contribution in [0.25, 0.3) is 0 Å². The van der Waals surface area contributed by atoms with E-state index in [0.717, 1.165) is 6.54 Å². The van der Waals surface area contributed by atoms with Crippen molar-refractivity contribution in [2.45, 2.75) is 25.3 Å². The van der Waals surface area contributed by atoms with E-state index in [1.54, 1.807) is 0 Å². The van der Waals surface area contributed by atoms with Crippen LogP contribution in [0.1, 0.15) is 36.5 Å². The van der Waals surface area contributed by atoms with Crippen LogP contribution in [0.3, 0.4) is 0 Å². The molecular formula is C18H21N. The van der Waals surface area contributed by atoms with Gasteiger partial charge in [-0.3, -0.25) is 4.90 Å². The minimum atomic E-state index is 0.113. The molecule has 0 saturated heterocycles. The Morgan fingerprint density at radius 3 is 2.32 bits per heavy atom. The van der Waals surface area contributed by atoms with Crippen LogP contribution in [0.4, 0.5) is 0 Å². The fourth-order valence-corrected chi connectivity index (χ4v) is 3.13. The summed E-state index contributed by atoms with van der Waals surface area (Å²) in [5, 5.41) is 0. The Labute approximate surface area is 115 Å². The van der Waals surface area contributed by atoms with Crippen LogP contribution in [-0.2, 0) is 5.54 Å². The van der Waals surface area contributed by atoms with Crippen LogP contribution in [0.5, 0.6) is 0 Å². The predicted octanol–water partition coefficient (Wildman–Crippen LogP) is 4.00. The highest BCUT2D eigenvalue weighted by Gasteiger charge is 2.36. The smallest absolute Gasteiger partial charge is 0.0404 e. The molecule has 0 amide bonds. The molecule has 1 nitrogen and oxygen atoms in total. The second-order valence-corrected chi connectivity index (χ2v) is 5.99. The van der Waals surface area contributed by atoms with Crippen molar-refractivity contribution in [3.05, 3.63) is 71.3 Å². The summed E-state index contributed by atoms with van der Waals surface area (Å²) in [5.74, 6) is 0.482. The fourth-order valence-electron chi connectivity index (χ4n) is 3.13. The first-order chi connectivity index (χ1) is 9.10. The van der Waals surface area contributed by atoms with Gasteiger partial charge in [0, 0.05) is 18.0 Å². The molecule has 0 radical (unpaired) electrons. The molecule has 1 heterocycles. The van der Waals surface area contributed by atoms with Gasteiger partial charge in [-0.1, -0.05) is 54.6 Å². The molecule has 1 unspecified atom stereocenters. The summed E-state index contributed by atoms with van der Waals surface area (Å²) in [5.41, 5.74) is 4.47. The maximum Gasteiger partial charge on any atom is 0.0404 e. The van der Waals surface area contributed by atoms with Crippen molar-refractivity contribution in [2.75, 3.05) is 13.6 Å². The number of benzene rings is 2. The normalized spacial score (nSPS) is 21.9. The standard InChI is InChI=1S/C18H21N/c1-18(2)17-12-8-7-11-15(17)16(13-19(18)3)14-9-5-4-6-10-14/h4-12,16H,13H2,1-3H3. The molecule has 0 bridgehead atoms. The first-order valence-electron chi connectivity index (χ1n) is 6.96. The molecule has 0 aromatic heterocycles. The van der Waals surface area contributed by atoms with Crippen molar-refractivity contribution in [1.29, 1.82) is 0 Å². The van der Waals surface area contributed by atoms with E-state index in [1.807, 2.05) is 0 Å². The van der Waals surface area contributed by atoms with Gasteiger partial charge in [-0.05, 0) is 37.6 Å². The van der Waals surface area contributed by atoms with Gasteiger partial charge in [-0.2, -0.15) is 0 Å². The Morgan fingerprint density at radius 1 is 0.947 bits per heavy atom. The molecule has 1 aliphatic rings. The lowest BCUT2D eigenvalue weighted by Gasteiger charge is -2.45. The van der Waals surface area contributed by atoms with Gasteiger partial charge >= 0.3 is 0 Å². The SMILES string of the molecule is CN1CC(c2ccccc2)c2ccccc2C1(C)C. The largest absolute Gasteiger partial charge is 0.296 e. The van der Waals surface area contributed by atoms with Gasteiger partial charge in [0.15, 0.2) is 0 Å². The van der Waals surface area contributed by atoms with Crippen molar-refractivity contribution in [2.24, 2.45) is 0 Å². The summed E-state index contributed by atoms with van der Waals surface area (Å²) in [6.07, 6.45) is 0. The van der Waals surface area contributed by atoms with Crippen molar-refractivity contribution < 1.29 is 0 Å². The molecule has 98 valence electrons. The molecule has 2 aromatic carbocycles. The molecule has 0 saturated carbocycles. The third-order valence-electron chi connectivity index (χ3n) is 4.61. The maximum absolute atomic E-state index is 2.47. The first-order valence-corrected chi connectivity index (χ1v) is 6.96. The van der Waals surface area contributed by atoms with E-state index < -0.39 is 0 Å². The van der Waals surface area contributed by atoms with Crippen LogP contribution in [0.2, 0.25) is 0 Å². The van der Waals surface area contributed by atoms with Gasteiger partial charge in [0.05, 0.1) is 0 Å². The Bertz CT molecular complexity index is 571. The van der Waals surface area contributed by atoms with E-state index in [4.69, 9.17) is 0 Å². The summed E-state index contributed by atoms with van der Waals surface area (Å²) in [4.78, 5) is 2.47. The van der Waals surface area contributed by atoms with E-state index in [9.17, 15) is 0 Å². The summed E-state index contributed by atoms with van der Waals surface area (Å²) in [6.45, 7) is 5.70. The van der Waals surface area contributed by atoms with Crippen molar-refractivity contribution >= 4 is 0 Å². The molecule has 1 heteroatoms. The zero-order chi connectivity index (χ0) is 13.5. The second kappa shape index (κ2) is 4.50. The van der Waals surface area contributed by atoms with Crippen molar-refractivity contribution in [3.63, 3.8) is 0 Å². The minimum absolute atomic E-state index is 0.113. The van der Waals surface area contributed by atoms with Gasteiger partial charge in [-0.25, -0.2) is 0 Å². The highest BCUT2D eigenvalue weighted by molar-refractivity contribution is 5.43. The van der Waals surface area contributed by atoms with Crippen LogP contribution in [-0.4, -0.2) is 18.5 Å². The lowest BCUT2D eigenvalue weighted by atomic mass is 9.76. The average Bonchev–Trinajstić information content (AvgIpc) is 2.44. The Balaban J connectivity index is 2.14. The Morgan fingerprint density at radius 2 is 1.58 bits per heavy atom. The predicted molar refractivity (Wildman–Crippen MR) is 80.4 cm³/mol. The number of hydrogen-bond donors (Lipinski definition) is 0. The third-order valence-corrected chi connectivity index (χ3v) is 4.61. The summed E-state index contributed by atoms with van der Waals surface area (Å²) in [7, 11) is 2.23. The van der Waals surface area contributed by atoms with E-state index in [1.165, 1.54) is 16.7 Å².